The fourth-order valence-corrected chi connectivity index (χ4v) is 4.86. The molecular formula is C29H36N2O2. The number of carbonyl (C=O) groups is 2. The van der Waals surface area contributed by atoms with Crippen molar-refractivity contribution in [2.24, 2.45) is 5.92 Å². The first-order chi connectivity index (χ1) is 16.0. The Morgan fingerprint density at radius 3 is 1.97 bits per heavy atom. The molecule has 2 aromatic carbocycles. The van der Waals surface area contributed by atoms with Gasteiger partial charge < -0.3 is 10.2 Å². The third-order valence-electron chi connectivity index (χ3n) is 7.25. The molecule has 1 saturated heterocycles. The van der Waals surface area contributed by atoms with Gasteiger partial charge in [-0.15, -0.1) is 0 Å². The Labute approximate surface area is 198 Å². The summed E-state index contributed by atoms with van der Waals surface area (Å²) < 4.78 is 0. The predicted octanol–water partition coefficient (Wildman–Crippen LogP) is 5.51. The number of nitrogens with one attached hydrogen (secondary N) is 1. The van der Waals surface area contributed by atoms with Crippen molar-refractivity contribution in [3.8, 4) is 0 Å². The Balaban J connectivity index is 1.30. The SMILES string of the molecule is CC(C)[C@@H](NC(=O)/C=C/c1ccccc1)C(=O)N1CCC(c2ccc(C3CCC3)cc2)CC1. The number of benzene rings is 2. The molecule has 1 saturated carbocycles. The molecule has 0 aromatic heterocycles. The van der Waals surface area contributed by atoms with E-state index in [1.165, 1.54) is 36.5 Å². The fourth-order valence-electron chi connectivity index (χ4n) is 4.86. The van der Waals surface area contributed by atoms with Crippen LogP contribution in [0.15, 0.2) is 60.7 Å². The molecule has 4 nitrogen and oxygen atoms in total. The maximum atomic E-state index is 13.2. The van der Waals surface area contributed by atoms with Gasteiger partial charge in [0.2, 0.25) is 11.8 Å². The smallest absolute Gasteiger partial charge is 0.245 e. The molecule has 33 heavy (non-hydrogen) atoms. The maximum Gasteiger partial charge on any atom is 0.245 e. The van der Waals surface area contributed by atoms with Crippen LogP contribution in [0.3, 0.4) is 0 Å². The number of hydrogen-bond donors (Lipinski definition) is 1. The molecule has 1 atom stereocenters. The largest absolute Gasteiger partial charge is 0.341 e. The molecule has 1 aliphatic heterocycles. The second-order valence-electron chi connectivity index (χ2n) is 9.87. The van der Waals surface area contributed by atoms with Crippen molar-refractivity contribution in [1.82, 2.24) is 10.2 Å². The maximum absolute atomic E-state index is 13.2. The zero-order chi connectivity index (χ0) is 23.2. The van der Waals surface area contributed by atoms with Crippen molar-refractivity contribution in [3.05, 3.63) is 77.4 Å². The van der Waals surface area contributed by atoms with Gasteiger partial charge in [0, 0.05) is 19.2 Å². The molecule has 0 bridgehead atoms. The summed E-state index contributed by atoms with van der Waals surface area (Å²) in [4.78, 5) is 27.7. The Hall–Kier alpha value is -2.88. The van der Waals surface area contributed by atoms with Crippen molar-refractivity contribution in [3.63, 3.8) is 0 Å². The van der Waals surface area contributed by atoms with Gasteiger partial charge in [-0.2, -0.15) is 0 Å². The van der Waals surface area contributed by atoms with Crippen LogP contribution in [0.25, 0.3) is 6.08 Å². The molecule has 1 aliphatic carbocycles. The lowest BCUT2D eigenvalue weighted by Gasteiger charge is -2.35. The normalized spacial score (nSPS) is 18.3. The van der Waals surface area contributed by atoms with E-state index >= 15 is 0 Å². The molecule has 0 radical (unpaired) electrons. The highest BCUT2D eigenvalue weighted by molar-refractivity contribution is 5.95. The van der Waals surface area contributed by atoms with Gasteiger partial charge >= 0.3 is 0 Å². The molecule has 1 N–H and O–H groups in total. The van der Waals surface area contributed by atoms with E-state index in [0.717, 1.165) is 37.4 Å². The molecular weight excluding hydrogens is 408 g/mol. The van der Waals surface area contributed by atoms with Crippen LogP contribution >= 0.6 is 0 Å². The van der Waals surface area contributed by atoms with Gasteiger partial charge in [-0.25, -0.2) is 0 Å². The van der Waals surface area contributed by atoms with Gasteiger partial charge in [0.1, 0.15) is 6.04 Å². The summed E-state index contributed by atoms with van der Waals surface area (Å²) >= 11 is 0. The Kier molecular flexibility index (Phi) is 7.64. The van der Waals surface area contributed by atoms with Gasteiger partial charge in [0.25, 0.3) is 0 Å². The number of amides is 2. The lowest BCUT2D eigenvalue weighted by Crippen LogP contribution is -2.52. The standard InChI is InChI=1S/C29H36N2O2/c1-21(2)28(30-27(32)16-11-22-7-4-3-5-8-22)29(33)31-19-17-26(18-20-31)25-14-12-24(13-15-25)23-9-6-10-23/h3-5,7-8,11-16,21,23,26,28H,6,9-10,17-20H2,1-2H3,(H,30,32)/b16-11+/t28-/m1/s1. The van der Waals surface area contributed by atoms with Crippen LogP contribution in [0.5, 0.6) is 0 Å². The third-order valence-corrected chi connectivity index (χ3v) is 7.25. The third kappa shape index (κ3) is 5.93. The average molecular weight is 445 g/mol. The topological polar surface area (TPSA) is 49.4 Å². The highest BCUT2D eigenvalue weighted by atomic mass is 16.2. The summed E-state index contributed by atoms with van der Waals surface area (Å²) in [6.45, 7) is 5.46. The van der Waals surface area contributed by atoms with E-state index in [9.17, 15) is 9.59 Å². The second kappa shape index (κ2) is 10.8. The van der Waals surface area contributed by atoms with Crippen LogP contribution in [0.2, 0.25) is 0 Å². The van der Waals surface area contributed by atoms with E-state index in [4.69, 9.17) is 0 Å². The number of piperidine rings is 1. The highest BCUT2D eigenvalue weighted by Crippen LogP contribution is 2.37. The number of rotatable bonds is 7. The molecule has 2 aliphatic rings. The van der Waals surface area contributed by atoms with E-state index in [1.807, 2.05) is 49.1 Å². The molecule has 2 amide bonds. The Morgan fingerprint density at radius 2 is 1.45 bits per heavy atom. The first kappa shape index (κ1) is 23.3. The molecule has 0 unspecified atom stereocenters. The lowest BCUT2D eigenvalue weighted by molar-refractivity contribution is -0.137. The lowest BCUT2D eigenvalue weighted by atomic mass is 9.79. The predicted molar refractivity (Wildman–Crippen MR) is 134 cm³/mol. The minimum atomic E-state index is -0.503. The van der Waals surface area contributed by atoms with E-state index in [-0.39, 0.29) is 17.7 Å². The van der Waals surface area contributed by atoms with E-state index < -0.39 is 6.04 Å². The molecule has 2 fully saturated rings. The summed E-state index contributed by atoms with van der Waals surface area (Å²) in [6, 6.07) is 18.4. The minimum Gasteiger partial charge on any atom is -0.341 e. The van der Waals surface area contributed by atoms with Crippen LogP contribution < -0.4 is 5.32 Å². The van der Waals surface area contributed by atoms with E-state index in [2.05, 4.69) is 29.6 Å². The monoisotopic (exact) mass is 444 g/mol. The van der Waals surface area contributed by atoms with Crippen molar-refractivity contribution >= 4 is 17.9 Å². The van der Waals surface area contributed by atoms with Crippen molar-refractivity contribution in [2.75, 3.05) is 13.1 Å². The van der Waals surface area contributed by atoms with Gasteiger partial charge in [0.05, 0.1) is 0 Å². The van der Waals surface area contributed by atoms with Crippen LogP contribution in [-0.2, 0) is 9.59 Å². The second-order valence-corrected chi connectivity index (χ2v) is 9.87. The minimum absolute atomic E-state index is 0.0309. The first-order valence-corrected chi connectivity index (χ1v) is 12.4. The molecule has 4 heteroatoms. The molecule has 2 aromatic rings. The van der Waals surface area contributed by atoms with Crippen molar-refractivity contribution < 1.29 is 9.59 Å². The highest BCUT2D eigenvalue weighted by Gasteiger charge is 2.31. The number of hydrogen-bond acceptors (Lipinski definition) is 2. The summed E-state index contributed by atoms with van der Waals surface area (Å²) in [5.74, 6) is 1.11. The number of carbonyl (C=O) groups excluding carboxylic acids is 2. The summed E-state index contributed by atoms with van der Waals surface area (Å²) in [5, 5.41) is 2.94. The summed E-state index contributed by atoms with van der Waals surface area (Å²) in [7, 11) is 0. The van der Waals surface area contributed by atoms with Crippen LogP contribution in [0.1, 0.15) is 74.5 Å². The number of nitrogens with zero attached hydrogens (tertiary/aromatic N) is 1. The summed E-state index contributed by atoms with van der Waals surface area (Å²) in [5.41, 5.74) is 3.84. The van der Waals surface area contributed by atoms with Crippen LogP contribution in [-0.4, -0.2) is 35.8 Å². The molecule has 0 spiro atoms. The van der Waals surface area contributed by atoms with Crippen LogP contribution in [0, 0.1) is 5.92 Å². The van der Waals surface area contributed by atoms with Crippen molar-refractivity contribution in [2.45, 2.75) is 63.8 Å². The van der Waals surface area contributed by atoms with Crippen molar-refractivity contribution in [1.29, 1.82) is 0 Å². The summed E-state index contributed by atoms with van der Waals surface area (Å²) in [6.07, 6.45) is 9.25. The van der Waals surface area contributed by atoms with Gasteiger partial charge in [-0.3, -0.25) is 9.59 Å². The van der Waals surface area contributed by atoms with Gasteiger partial charge in [-0.05, 0) is 66.2 Å². The number of likely N-dealkylation sites (tertiary alicyclic amines) is 1. The Bertz CT molecular complexity index is 953. The van der Waals surface area contributed by atoms with Crippen LogP contribution in [0.4, 0.5) is 0 Å². The average Bonchev–Trinajstić information content (AvgIpc) is 2.81. The van der Waals surface area contributed by atoms with E-state index in [1.54, 1.807) is 6.08 Å². The van der Waals surface area contributed by atoms with Gasteiger partial charge in [-0.1, -0.05) is 74.9 Å². The quantitative estimate of drug-likeness (QED) is 0.572. The first-order valence-electron chi connectivity index (χ1n) is 12.4. The molecule has 1 heterocycles. The fraction of sp³-hybridized carbons (Fsp3) is 0.448. The van der Waals surface area contributed by atoms with E-state index in [0.29, 0.717) is 5.92 Å². The molecule has 174 valence electrons. The van der Waals surface area contributed by atoms with Gasteiger partial charge in [0.15, 0.2) is 0 Å². The Morgan fingerprint density at radius 1 is 0.879 bits per heavy atom. The zero-order valence-electron chi connectivity index (χ0n) is 19.9. The molecule has 4 rings (SSSR count). The zero-order valence-corrected chi connectivity index (χ0v) is 19.9.